The molecule has 23 heavy (non-hydrogen) atoms. The summed E-state index contributed by atoms with van der Waals surface area (Å²) in [6, 6.07) is 7.82. The van der Waals surface area contributed by atoms with E-state index in [0.717, 1.165) is 33.8 Å². The van der Waals surface area contributed by atoms with E-state index in [1.807, 2.05) is 31.2 Å². The van der Waals surface area contributed by atoms with Crippen molar-refractivity contribution in [1.29, 1.82) is 0 Å². The highest BCUT2D eigenvalue weighted by atomic mass is 32.2. The SMILES string of the molecule is CC1SC(=O)N(C)N=C1c1ccc2nc(-c3ccn[nH]3)[nH]c2c1. The molecule has 0 saturated heterocycles. The molecule has 1 aromatic carbocycles. The molecule has 0 fully saturated rings. The number of hydrazone groups is 1. The van der Waals surface area contributed by atoms with Crippen LogP contribution in [0.1, 0.15) is 12.5 Å². The number of nitrogens with zero attached hydrogens (tertiary/aromatic N) is 4. The topological polar surface area (TPSA) is 90.0 Å². The van der Waals surface area contributed by atoms with Crippen LogP contribution in [0.25, 0.3) is 22.6 Å². The lowest BCUT2D eigenvalue weighted by molar-refractivity contribution is 0.234. The number of carbonyl (C=O) groups excluding carboxylic acids is 1. The molecular weight excluding hydrogens is 312 g/mol. The summed E-state index contributed by atoms with van der Waals surface area (Å²) in [6.07, 6.45) is 1.69. The molecule has 1 amide bonds. The molecule has 0 aliphatic carbocycles. The molecule has 7 nitrogen and oxygen atoms in total. The number of aromatic amines is 2. The lowest BCUT2D eigenvalue weighted by atomic mass is 10.1. The van der Waals surface area contributed by atoms with Crippen LogP contribution in [-0.4, -0.2) is 48.4 Å². The van der Waals surface area contributed by atoms with Gasteiger partial charge < -0.3 is 4.98 Å². The molecule has 2 aromatic heterocycles. The van der Waals surface area contributed by atoms with Crippen molar-refractivity contribution in [1.82, 2.24) is 25.2 Å². The largest absolute Gasteiger partial charge is 0.337 e. The van der Waals surface area contributed by atoms with E-state index in [-0.39, 0.29) is 10.5 Å². The number of hydrogen-bond donors (Lipinski definition) is 2. The van der Waals surface area contributed by atoms with Gasteiger partial charge in [0.15, 0.2) is 5.82 Å². The van der Waals surface area contributed by atoms with Crippen molar-refractivity contribution < 1.29 is 4.79 Å². The first-order valence-corrected chi connectivity index (χ1v) is 8.02. The number of rotatable bonds is 2. The van der Waals surface area contributed by atoms with Crippen LogP contribution in [0.5, 0.6) is 0 Å². The minimum absolute atomic E-state index is 0.0196. The Morgan fingerprint density at radius 3 is 2.96 bits per heavy atom. The maximum atomic E-state index is 11.7. The van der Waals surface area contributed by atoms with Gasteiger partial charge in [-0.2, -0.15) is 10.2 Å². The van der Waals surface area contributed by atoms with Gasteiger partial charge in [-0.3, -0.25) is 9.89 Å². The maximum absolute atomic E-state index is 11.7. The molecule has 8 heteroatoms. The molecule has 0 bridgehead atoms. The standard InChI is InChI=1S/C15H14N6OS/c1-8-13(20-21(2)15(22)23-8)9-3-4-10-12(7-9)18-14(17-10)11-5-6-16-19-11/h3-8H,1-2H3,(H,16,19)(H,17,18). The number of imidazole rings is 1. The number of hydrogen-bond acceptors (Lipinski definition) is 5. The second-order valence-corrected chi connectivity index (χ2v) is 6.61. The van der Waals surface area contributed by atoms with Crippen LogP contribution in [-0.2, 0) is 0 Å². The fourth-order valence-electron chi connectivity index (χ4n) is 2.54. The fraction of sp³-hybridized carbons (Fsp3) is 0.200. The van der Waals surface area contributed by atoms with Gasteiger partial charge in [0.1, 0.15) is 5.69 Å². The van der Waals surface area contributed by atoms with Crippen LogP contribution in [0.3, 0.4) is 0 Å². The third kappa shape index (κ3) is 2.40. The van der Waals surface area contributed by atoms with Gasteiger partial charge in [0, 0.05) is 18.8 Å². The van der Waals surface area contributed by atoms with E-state index < -0.39 is 0 Å². The predicted molar refractivity (Wildman–Crippen MR) is 90.4 cm³/mol. The fourth-order valence-corrected chi connectivity index (χ4v) is 3.33. The molecule has 116 valence electrons. The van der Waals surface area contributed by atoms with Gasteiger partial charge in [0.05, 0.1) is 22.0 Å². The normalized spacial score (nSPS) is 18.5. The van der Waals surface area contributed by atoms with Gasteiger partial charge in [0.25, 0.3) is 0 Å². The van der Waals surface area contributed by atoms with Crippen LogP contribution >= 0.6 is 11.8 Å². The molecule has 1 atom stereocenters. The molecule has 3 aromatic rings. The van der Waals surface area contributed by atoms with E-state index in [2.05, 4.69) is 25.3 Å². The Morgan fingerprint density at radius 1 is 1.30 bits per heavy atom. The van der Waals surface area contributed by atoms with E-state index in [1.165, 1.54) is 16.8 Å². The molecular formula is C15H14N6OS. The number of nitrogens with one attached hydrogen (secondary N) is 2. The first kappa shape index (κ1) is 14.0. The minimum Gasteiger partial charge on any atom is -0.337 e. The van der Waals surface area contributed by atoms with Crippen LogP contribution in [0, 0.1) is 0 Å². The summed E-state index contributed by atoms with van der Waals surface area (Å²) in [5.41, 5.74) is 4.51. The summed E-state index contributed by atoms with van der Waals surface area (Å²) in [4.78, 5) is 19.5. The average Bonchev–Trinajstić information content (AvgIpc) is 3.18. The lowest BCUT2D eigenvalue weighted by Gasteiger charge is -2.24. The van der Waals surface area contributed by atoms with Crippen molar-refractivity contribution in [2.75, 3.05) is 7.05 Å². The van der Waals surface area contributed by atoms with Crippen LogP contribution < -0.4 is 0 Å². The van der Waals surface area contributed by atoms with E-state index in [0.29, 0.717) is 0 Å². The monoisotopic (exact) mass is 326 g/mol. The molecule has 3 heterocycles. The van der Waals surface area contributed by atoms with Gasteiger partial charge in [-0.25, -0.2) is 9.99 Å². The van der Waals surface area contributed by atoms with E-state index in [9.17, 15) is 4.79 Å². The lowest BCUT2D eigenvalue weighted by Crippen LogP contribution is -2.31. The summed E-state index contributed by atoms with van der Waals surface area (Å²) in [5.74, 6) is 0.745. The van der Waals surface area contributed by atoms with Crippen molar-refractivity contribution in [3.63, 3.8) is 0 Å². The van der Waals surface area contributed by atoms with Crippen LogP contribution in [0.4, 0.5) is 4.79 Å². The highest BCUT2D eigenvalue weighted by molar-refractivity contribution is 8.14. The Balaban J connectivity index is 1.77. The molecule has 1 aliphatic heterocycles. The quantitative estimate of drug-likeness (QED) is 0.757. The number of benzene rings is 1. The predicted octanol–water partition coefficient (Wildman–Crippen LogP) is 2.84. The van der Waals surface area contributed by atoms with Crippen molar-refractivity contribution in [2.45, 2.75) is 12.2 Å². The van der Waals surface area contributed by atoms with Gasteiger partial charge in [-0.1, -0.05) is 17.8 Å². The summed E-state index contributed by atoms with van der Waals surface area (Å²) >= 11 is 1.28. The second-order valence-electron chi connectivity index (χ2n) is 5.32. The molecule has 0 saturated carbocycles. The first-order chi connectivity index (χ1) is 11.1. The zero-order chi connectivity index (χ0) is 16.0. The van der Waals surface area contributed by atoms with E-state index in [4.69, 9.17) is 0 Å². The van der Waals surface area contributed by atoms with Gasteiger partial charge in [0.2, 0.25) is 0 Å². The van der Waals surface area contributed by atoms with Crippen molar-refractivity contribution in [3.8, 4) is 11.5 Å². The third-order valence-electron chi connectivity index (χ3n) is 3.72. The second kappa shape index (κ2) is 5.24. The number of carbonyl (C=O) groups is 1. The van der Waals surface area contributed by atoms with Gasteiger partial charge in [-0.05, 0) is 25.1 Å². The number of H-pyrrole nitrogens is 2. The zero-order valence-corrected chi connectivity index (χ0v) is 13.4. The Labute approximate surface area is 136 Å². The highest BCUT2D eigenvalue weighted by Gasteiger charge is 2.26. The Bertz CT molecular complexity index is 913. The Hall–Kier alpha value is -2.61. The van der Waals surface area contributed by atoms with Gasteiger partial charge >= 0.3 is 5.24 Å². The molecule has 1 unspecified atom stereocenters. The van der Waals surface area contributed by atoms with E-state index >= 15 is 0 Å². The summed E-state index contributed by atoms with van der Waals surface area (Å²) in [5, 5.41) is 12.6. The molecule has 0 radical (unpaired) electrons. The maximum Gasteiger partial charge on any atom is 0.302 e. The van der Waals surface area contributed by atoms with E-state index in [1.54, 1.807) is 13.2 Å². The summed E-state index contributed by atoms with van der Waals surface area (Å²) < 4.78 is 0. The highest BCUT2D eigenvalue weighted by Crippen LogP contribution is 2.27. The van der Waals surface area contributed by atoms with Crippen molar-refractivity contribution in [2.24, 2.45) is 5.10 Å². The van der Waals surface area contributed by atoms with Crippen LogP contribution in [0.2, 0.25) is 0 Å². The third-order valence-corrected chi connectivity index (χ3v) is 4.76. The molecule has 4 rings (SSSR count). The number of aromatic nitrogens is 4. The number of thioether (sulfide) groups is 1. The van der Waals surface area contributed by atoms with Crippen molar-refractivity contribution >= 4 is 33.7 Å². The minimum atomic E-state index is -0.0367. The number of fused-ring (bicyclic) bond motifs is 1. The first-order valence-electron chi connectivity index (χ1n) is 7.14. The smallest absolute Gasteiger partial charge is 0.302 e. The van der Waals surface area contributed by atoms with Crippen molar-refractivity contribution in [3.05, 3.63) is 36.0 Å². The van der Waals surface area contributed by atoms with Gasteiger partial charge in [-0.15, -0.1) is 0 Å². The Morgan fingerprint density at radius 2 is 2.17 bits per heavy atom. The zero-order valence-electron chi connectivity index (χ0n) is 12.6. The average molecular weight is 326 g/mol. The molecule has 1 aliphatic rings. The number of amides is 1. The Kier molecular flexibility index (Phi) is 3.19. The summed E-state index contributed by atoms with van der Waals surface area (Å²) in [7, 11) is 1.67. The molecule has 0 spiro atoms. The summed E-state index contributed by atoms with van der Waals surface area (Å²) in [6.45, 7) is 1.99. The molecule has 2 N–H and O–H groups in total. The van der Waals surface area contributed by atoms with Crippen LogP contribution in [0.15, 0.2) is 35.6 Å².